The second-order valence-electron chi connectivity index (χ2n) is 32.7. The van der Waals surface area contributed by atoms with E-state index in [4.69, 9.17) is 37.0 Å². The van der Waals surface area contributed by atoms with Crippen molar-refractivity contribution in [2.24, 2.45) is 11.8 Å². The highest BCUT2D eigenvalue weighted by atomic mass is 31.2. The molecule has 0 rings (SSSR count). The van der Waals surface area contributed by atoms with Crippen LogP contribution in [0.5, 0.6) is 0 Å². The van der Waals surface area contributed by atoms with Crippen molar-refractivity contribution in [3.8, 4) is 0 Å². The van der Waals surface area contributed by atoms with E-state index in [1.54, 1.807) is 0 Å². The molecule has 0 bridgehead atoms. The zero-order chi connectivity index (χ0) is 79.2. The fourth-order valence-electron chi connectivity index (χ4n) is 13.9. The van der Waals surface area contributed by atoms with E-state index in [-0.39, 0.29) is 25.7 Å². The van der Waals surface area contributed by atoms with E-state index in [0.717, 1.165) is 102 Å². The third-order valence-electron chi connectivity index (χ3n) is 21.3. The van der Waals surface area contributed by atoms with Crippen LogP contribution in [0.2, 0.25) is 0 Å². The van der Waals surface area contributed by atoms with E-state index in [2.05, 4.69) is 41.5 Å². The number of carbonyl (C=O) groups is 4. The molecule has 6 atom stereocenters. The lowest BCUT2D eigenvalue weighted by Gasteiger charge is -2.21. The van der Waals surface area contributed by atoms with Gasteiger partial charge in [-0.25, -0.2) is 9.13 Å². The average Bonchev–Trinajstić information content (AvgIpc) is 0.898. The molecular weight excluding hydrogens is 1400 g/mol. The van der Waals surface area contributed by atoms with Crippen LogP contribution in [0.3, 0.4) is 0 Å². The minimum Gasteiger partial charge on any atom is -0.462 e. The van der Waals surface area contributed by atoms with Crippen molar-refractivity contribution >= 4 is 39.5 Å². The first-order valence-electron chi connectivity index (χ1n) is 46.0. The van der Waals surface area contributed by atoms with Gasteiger partial charge in [-0.1, -0.05) is 427 Å². The summed E-state index contributed by atoms with van der Waals surface area (Å²) in [6.07, 6.45) is 73.7. The molecule has 0 heterocycles. The molecule has 0 spiro atoms. The molecule has 0 saturated carbocycles. The molecule has 19 heteroatoms. The first-order chi connectivity index (χ1) is 52.4. The molecule has 0 radical (unpaired) electrons. The molecule has 0 aliphatic rings. The maximum absolute atomic E-state index is 13.2. The summed E-state index contributed by atoms with van der Waals surface area (Å²) in [7, 11) is -9.93. The van der Waals surface area contributed by atoms with Crippen LogP contribution in [0.15, 0.2) is 0 Å². The van der Waals surface area contributed by atoms with E-state index in [1.807, 2.05) is 0 Å². The highest BCUT2D eigenvalue weighted by molar-refractivity contribution is 7.47. The number of unbranched alkanes of at least 4 members (excludes halogenated alkanes) is 57. The molecule has 108 heavy (non-hydrogen) atoms. The SMILES string of the molecule is CCCCCCCCCCCCCCCCCCCCCCCCC(=O)O[C@H](COC(=O)CCCCCCCCCCCCCCCCCCCCC(C)C)COP(=O)(O)OC[C@@H](O)COP(=O)(O)OC[C@@H](COC(=O)CCCCCCCCCCCCC)OC(=O)CCCCCCCCCCCCC(C)CC. The summed E-state index contributed by atoms with van der Waals surface area (Å²) in [6.45, 7) is 9.74. The van der Waals surface area contributed by atoms with Crippen LogP contribution in [0.1, 0.15) is 478 Å². The molecule has 0 aliphatic carbocycles. The van der Waals surface area contributed by atoms with Crippen LogP contribution in [-0.2, 0) is 65.4 Å². The van der Waals surface area contributed by atoms with Crippen molar-refractivity contribution in [2.75, 3.05) is 39.6 Å². The minimum absolute atomic E-state index is 0.107. The average molecular weight is 1580 g/mol. The number of aliphatic hydroxyl groups excluding tert-OH is 1. The minimum atomic E-state index is -4.97. The van der Waals surface area contributed by atoms with Crippen LogP contribution in [0, 0.1) is 11.8 Å². The summed E-state index contributed by atoms with van der Waals surface area (Å²) in [5.74, 6) is -0.473. The molecule has 3 unspecified atom stereocenters. The largest absolute Gasteiger partial charge is 0.472 e. The molecule has 0 fully saturated rings. The topological polar surface area (TPSA) is 237 Å². The first-order valence-corrected chi connectivity index (χ1v) is 49.0. The third-order valence-corrected chi connectivity index (χ3v) is 23.2. The Hall–Kier alpha value is -1.94. The van der Waals surface area contributed by atoms with Crippen molar-refractivity contribution in [3.63, 3.8) is 0 Å². The number of rotatable bonds is 88. The van der Waals surface area contributed by atoms with Crippen LogP contribution in [0.25, 0.3) is 0 Å². The summed E-state index contributed by atoms with van der Waals surface area (Å²) in [5.41, 5.74) is 0. The van der Waals surface area contributed by atoms with Gasteiger partial charge in [-0.2, -0.15) is 0 Å². The lowest BCUT2D eigenvalue weighted by molar-refractivity contribution is -0.161. The number of esters is 4. The lowest BCUT2D eigenvalue weighted by Crippen LogP contribution is -2.30. The Morgan fingerprint density at radius 1 is 0.269 bits per heavy atom. The molecule has 0 saturated heterocycles. The number of aliphatic hydroxyl groups is 1. The zero-order valence-electron chi connectivity index (χ0n) is 71.2. The second-order valence-corrected chi connectivity index (χ2v) is 35.6. The molecular formula is C89H174O17P2. The summed E-state index contributed by atoms with van der Waals surface area (Å²) < 4.78 is 69.0. The quantitative estimate of drug-likeness (QED) is 0.0222. The van der Waals surface area contributed by atoms with Crippen molar-refractivity contribution in [2.45, 2.75) is 496 Å². The summed E-state index contributed by atoms with van der Waals surface area (Å²) in [6, 6.07) is 0. The molecule has 17 nitrogen and oxygen atoms in total. The van der Waals surface area contributed by atoms with Gasteiger partial charge in [0.2, 0.25) is 0 Å². The number of carbonyl (C=O) groups excluding carboxylic acids is 4. The third kappa shape index (κ3) is 80.7. The number of phosphoric ester groups is 2. The number of hydrogen-bond donors (Lipinski definition) is 3. The monoisotopic (exact) mass is 1580 g/mol. The van der Waals surface area contributed by atoms with Gasteiger partial charge in [0.05, 0.1) is 26.4 Å². The summed E-state index contributed by atoms with van der Waals surface area (Å²) >= 11 is 0. The molecule has 0 aromatic rings. The number of ether oxygens (including phenoxy) is 4. The second kappa shape index (κ2) is 80.3. The molecule has 0 amide bonds. The highest BCUT2D eigenvalue weighted by Gasteiger charge is 2.31. The maximum Gasteiger partial charge on any atom is 0.472 e. The van der Waals surface area contributed by atoms with Gasteiger partial charge < -0.3 is 33.8 Å². The molecule has 0 aliphatic heterocycles. The van der Waals surface area contributed by atoms with Gasteiger partial charge in [-0.05, 0) is 37.5 Å². The van der Waals surface area contributed by atoms with Gasteiger partial charge in [0, 0.05) is 25.7 Å². The smallest absolute Gasteiger partial charge is 0.462 e. The van der Waals surface area contributed by atoms with Gasteiger partial charge in [0.1, 0.15) is 19.3 Å². The van der Waals surface area contributed by atoms with Gasteiger partial charge in [-0.3, -0.25) is 37.3 Å². The zero-order valence-corrected chi connectivity index (χ0v) is 73.0. The Labute approximate surface area is 664 Å². The Bertz CT molecular complexity index is 2070. The van der Waals surface area contributed by atoms with Gasteiger partial charge in [-0.15, -0.1) is 0 Å². The molecule has 3 N–H and O–H groups in total. The summed E-state index contributed by atoms with van der Waals surface area (Å²) in [4.78, 5) is 73.3. The van der Waals surface area contributed by atoms with E-state index in [0.29, 0.717) is 25.7 Å². The van der Waals surface area contributed by atoms with E-state index < -0.39 is 97.5 Å². The standard InChI is InChI=1S/C89H174O17P2/c1-7-10-12-14-16-18-20-21-22-23-24-25-26-27-32-35-38-42-49-55-61-67-73-88(93)105-84(78-100-87(92)72-66-60-54-48-41-37-34-31-29-28-30-33-36-40-45-51-57-63-69-81(4)5)79-103-107(95,96)101-75-83(90)76-102-108(97,98)104-80-85(77-99-86(91)71-65-59-53-47-39-19-17-15-13-11-8-2)106-89(94)74-68-62-56-50-44-43-46-52-58-64-70-82(6)9-3/h81-85,90H,7-80H2,1-6H3,(H,95,96)(H,97,98)/t82?,83-,84-,85-/m1/s1. The fourth-order valence-corrected chi connectivity index (χ4v) is 15.5. The number of phosphoric acid groups is 2. The van der Waals surface area contributed by atoms with Crippen LogP contribution in [0.4, 0.5) is 0 Å². The van der Waals surface area contributed by atoms with Gasteiger partial charge >= 0.3 is 39.5 Å². The molecule has 642 valence electrons. The summed E-state index contributed by atoms with van der Waals surface area (Å²) in [5, 5.41) is 10.7. The van der Waals surface area contributed by atoms with Crippen LogP contribution >= 0.6 is 15.6 Å². The lowest BCUT2D eigenvalue weighted by atomic mass is 9.99. The van der Waals surface area contributed by atoms with Gasteiger partial charge in [0.25, 0.3) is 0 Å². The van der Waals surface area contributed by atoms with Crippen molar-refractivity contribution in [1.82, 2.24) is 0 Å². The van der Waals surface area contributed by atoms with Gasteiger partial charge in [0.15, 0.2) is 12.2 Å². The van der Waals surface area contributed by atoms with Crippen LogP contribution in [-0.4, -0.2) is 96.7 Å². The van der Waals surface area contributed by atoms with E-state index in [9.17, 15) is 43.2 Å². The highest BCUT2D eigenvalue weighted by Crippen LogP contribution is 2.45. The Morgan fingerprint density at radius 2 is 0.472 bits per heavy atom. The van der Waals surface area contributed by atoms with Crippen molar-refractivity contribution < 1.29 is 80.2 Å². The Morgan fingerprint density at radius 3 is 0.704 bits per heavy atom. The number of hydrogen-bond acceptors (Lipinski definition) is 15. The Kier molecular flexibility index (Phi) is 78.8. The predicted octanol–water partition coefficient (Wildman–Crippen LogP) is 27.4. The Balaban J connectivity index is 5.22. The van der Waals surface area contributed by atoms with E-state index >= 15 is 0 Å². The first kappa shape index (κ1) is 106. The van der Waals surface area contributed by atoms with Crippen molar-refractivity contribution in [1.29, 1.82) is 0 Å². The van der Waals surface area contributed by atoms with Crippen LogP contribution < -0.4 is 0 Å². The fraction of sp³-hybridized carbons (Fsp3) is 0.955. The molecule has 0 aromatic heterocycles. The maximum atomic E-state index is 13.2. The predicted molar refractivity (Wildman–Crippen MR) is 446 cm³/mol. The van der Waals surface area contributed by atoms with Crippen molar-refractivity contribution in [3.05, 3.63) is 0 Å². The normalized spacial score (nSPS) is 14.0. The van der Waals surface area contributed by atoms with E-state index in [1.165, 1.54) is 295 Å². The molecule has 0 aromatic carbocycles.